The van der Waals surface area contributed by atoms with Gasteiger partial charge in [0, 0.05) is 0 Å². The van der Waals surface area contributed by atoms with Crippen LogP contribution in [0.25, 0.3) is 20.8 Å². The van der Waals surface area contributed by atoms with Crippen LogP contribution in [0, 0.1) is 0 Å². The van der Waals surface area contributed by atoms with Crippen molar-refractivity contribution in [3.8, 4) is 16.3 Å². The number of thiazole rings is 1. The van der Waals surface area contributed by atoms with Crippen molar-refractivity contribution >= 4 is 21.6 Å². The molecule has 0 amide bonds. The van der Waals surface area contributed by atoms with E-state index in [9.17, 15) is 18.3 Å². The molecule has 0 aliphatic rings. The molecule has 0 fully saturated rings. The van der Waals surface area contributed by atoms with E-state index in [1.165, 1.54) is 23.5 Å². The van der Waals surface area contributed by atoms with Crippen LogP contribution in [0.15, 0.2) is 42.5 Å². The Labute approximate surface area is 116 Å². The lowest BCUT2D eigenvalue weighted by molar-refractivity contribution is -0.137. The van der Waals surface area contributed by atoms with Gasteiger partial charge in [-0.25, -0.2) is 4.98 Å². The predicted octanol–water partition coefficient (Wildman–Crippen LogP) is 4.69. The molecule has 20 heavy (non-hydrogen) atoms. The van der Waals surface area contributed by atoms with Crippen molar-refractivity contribution in [2.24, 2.45) is 0 Å². The zero-order valence-corrected chi connectivity index (χ0v) is 10.8. The molecule has 102 valence electrons. The topological polar surface area (TPSA) is 33.1 Å². The molecule has 2 aromatic carbocycles. The highest BCUT2D eigenvalue weighted by atomic mass is 32.1. The molecule has 1 N–H and O–H groups in total. The van der Waals surface area contributed by atoms with Crippen molar-refractivity contribution in [2.45, 2.75) is 6.18 Å². The van der Waals surface area contributed by atoms with E-state index >= 15 is 0 Å². The number of aromatic hydroxyl groups is 1. The second-order valence-electron chi connectivity index (χ2n) is 4.22. The van der Waals surface area contributed by atoms with E-state index in [0.717, 1.165) is 12.1 Å². The molecule has 0 saturated carbocycles. The number of para-hydroxylation sites is 1. The summed E-state index contributed by atoms with van der Waals surface area (Å²) in [5.74, 6) is 0.0580. The number of hydrogen-bond donors (Lipinski definition) is 1. The Balaban J connectivity index is 2.14. The maximum Gasteiger partial charge on any atom is 0.416 e. The molecular formula is C14H8F3NOS. The summed E-state index contributed by atoms with van der Waals surface area (Å²) in [6.45, 7) is 0. The summed E-state index contributed by atoms with van der Waals surface area (Å²) in [5, 5.41) is 10.3. The fourth-order valence-electron chi connectivity index (χ4n) is 1.87. The zero-order chi connectivity index (χ0) is 14.3. The van der Waals surface area contributed by atoms with Crippen LogP contribution in [-0.2, 0) is 6.18 Å². The fraction of sp³-hybridized carbons (Fsp3) is 0.0714. The highest BCUT2D eigenvalue weighted by molar-refractivity contribution is 7.21. The van der Waals surface area contributed by atoms with Crippen LogP contribution in [0.1, 0.15) is 5.56 Å². The van der Waals surface area contributed by atoms with Crippen LogP contribution in [0.3, 0.4) is 0 Å². The van der Waals surface area contributed by atoms with Gasteiger partial charge in [0.1, 0.15) is 10.8 Å². The summed E-state index contributed by atoms with van der Waals surface area (Å²) < 4.78 is 38.6. The lowest BCUT2D eigenvalue weighted by Gasteiger charge is -2.04. The smallest absolute Gasteiger partial charge is 0.416 e. The van der Waals surface area contributed by atoms with E-state index in [0.29, 0.717) is 15.3 Å². The SMILES string of the molecule is Oc1ccccc1-c1nc2cc(C(F)(F)F)ccc2s1. The molecule has 3 aromatic rings. The van der Waals surface area contributed by atoms with Gasteiger partial charge in [0.25, 0.3) is 0 Å². The first-order valence-electron chi connectivity index (χ1n) is 5.71. The first-order chi connectivity index (χ1) is 9.45. The van der Waals surface area contributed by atoms with E-state index < -0.39 is 11.7 Å². The summed E-state index contributed by atoms with van der Waals surface area (Å²) in [6.07, 6.45) is -4.38. The minimum absolute atomic E-state index is 0.0580. The molecule has 3 rings (SSSR count). The van der Waals surface area contributed by atoms with Gasteiger partial charge < -0.3 is 5.11 Å². The number of halogens is 3. The van der Waals surface area contributed by atoms with Crippen molar-refractivity contribution in [1.82, 2.24) is 4.98 Å². The van der Waals surface area contributed by atoms with Gasteiger partial charge in [0.2, 0.25) is 0 Å². The number of phenols is 1. The number of benzene rings is 2. The zero-order valence-electron chi connectivity index (χ0n) is 9.98. The Kier molecular flexibility index (Phi) is 2.90. The Morgan fingerprint density at radius 1 is 1.05 bits per heavy atom. The average Bonchev–Trinajstić information content (AvgIpc) is 2.80. The molecular weight excluding hydrogens is 287 g/mol. The summed E-state index contributed by atoms with van der Waals surface area (Å²) in [5.41, 5.74) is 0.0736. The number of rotatable bonds is 1. The van der Waals surface area contributed by atoms with Crippen LogP contribution in [0.4, 0.5) is 13.2 Å². The third kappa shape index (κ3) is 2.22. The summed E-state index contributed by atoms with van der Waals surface area (Å²) in [7, 11) is 0. The first kappa shape index (κ1) is 12.9. The second kappa shape index (κ2) is 4.49. The normalized spacial score (nSPS) is 11.9. The maximum atomic E-state index is 12.6. The Hall–Kier alpha value is -2.08. The molecule has 0 unspecified atom stereocenters. The molecule has 0 spiro atoms. The van der Waals surface area contributed by atoms with Crippen LogP contribution in [0.2, 0.25) is 0 Å². The van der Waals surface area contributed by atoms with Crippen LogP contribution >= 0.6 is 11.3 Å². The Morgan fingerprint density at radius 3 is 2.50 bits per heavy atom. The Bertz CT molecular complexity index is 779. The fourth-order valence-corrected chi connectivity index (χ4v) is 2.85. The number of alkyl halides is 3. The lowest BCUT2D eigenvalue weighted by Crippen LogP contribution is -2.03. The van der Waals surface area contributed by atoms with E-state index in [4.69, 9.17) is 0 Å². The minimum atomic E-state index is -4.38. The second-order valence-corrected chi connectivity index (χ2v) is 5.25. The quantitative estimate of drug-likeness (QED) is 0.706. The number of phenolic OH excluding ortho intramolecular Hbond substituents is 1. The lowest BCUT2D eigenvalue weighted by atomic mass is 10.2. The van der Waals surface area contributed by atoms with Crippen molar-refractivity contribution in [3.63, 3.8) is 0 Å². The van der Waals surface area contributed by atoms with E-state index in [1.54, 1.807) is 18.2 Å². The number of fused-ring (bicyclic) bond motifs is 1. The molecule has 0 saturated heterocycles. The number of nitrogens with zero attached hydrogens (tertiary/aromatic N) is 1. The molecule has 0 aliphatic carbocycles. The van der Waals surface area contributed by atoms with Gasteiger partial charge in [0.05, 0.1) is 21.3 Å². The van der Waals surface area contributed by atoms with Gasteiger partial charge in [-0.1, -0.05) is 12.1 Å². The third-order valence-electron chi connectivity index (χ3n) is 2.85. The highest BCUT2D eigenvalue weighted by Crippen LogP contribution is 2.37. The molecule has 0 atom stereocenters. The largest absolute Gasteiger partial charge is 0.507 e. The van der Waals surface area contributed by atoms with E-state index in [2.05, 4.69) is 4.98 Å². The van der Waals surface area contributed by atoms with Gasteiger partial charge in [-0.3, -0.25) is 0 Å². The molecule has 2 nitrogen and oxygen atoms in total. The summed E-state index contributed by atoms with van der Waals surface area (Å²) >= 11 is 1.25. The highest BCUT2D eigenvalue weighted by Gasteiger charge is 2.30. The van der Waals surface area contributed by atoms with Gasteiger partial charge in [-0.2, -0.15) is 13.2 Å². The average molecular weight is 295 g/mol. The van der Waals surface area contributed by atoms with Gasteiger partial charge in [0.15, 0.2) is 0 Å². The van der Waals surface area contributed by atoms with Crippen LogP contribution in [0.5, 0.6) is 5.75 Å². The summed E-state index contributed by atoms with van der Waals surface area (Å²) in [4.78, 5) is 4.18. The monoisotopic (exact) mass is 295 g/mol. The predicted molar refractivity (Wildman–Crippen MR) is 71.7 cm³/mol. The maximum absolute atomic E-state index is 12.6. The molecule has 1 aromatic heterocycles. The number of hydrogen-bond acceptors (Lipinski definition) is 3. The molecule has 0 bridgehead atoms. The van der Waals surface area contributed by atoms with Crippen LogP contribution < -0.4 is 0 Å². The van der Waals surface area contributed by atoms with Crippen molar-refractivity contribution in [1.29, 1.82) is 0 Å². The van der Waals surface area contributed by atoms with Gasteiger partial charge >= 0.3 is 6.18 Å². The van der Waals surface area contributed by atoms with Crippen molar-refractivity contribution < 1.29 is 18.3 Å². The van der Waals surface area contributed by atoms with Gasteiger partial charge in [-0.15, -0.1) is 11.3 Å². The first-order valence-corrected chi connectivity index (χ1v) is 6.53. The third-order valence-corrected chi connectivity index (χ3v) is 3.92. The van der Waals surface area contributed by atoms with Crippen LogP contribution in [-0.4, -0.2) is 10.1 Å². The Morgan fingerprint density at radius 2 is 1.80 bits per heavy atom. The van der Waals surface area contributed by atoms with Gasteiger partial charge in [-0.05, 0) is 30.3 Å². The molecule has 6 heteroatoms. The van der Waals surface area contributed by atoms with Crippen molar-refractivity contribution in [2.75, 3.05) is 0 Å². The molecule has 1 heterocycles. The minimum Gasteiger partial charge on any atom is -0.507 e. The molecule has 0 aliphatic heterocycles. The van der Waals surface area contributed by atoms with E-state index in [-0.39, 0.29) is 11.3 Å². The number of aromatic nitrogens is 1. The van der Waals surface area contributed by atoms with Crippen molar-refractivity contribution in [3.05, 3.63) is 48.0 Å². The summed E-state index contributed by atoms with van der Waals surface area (Å²) in [6, 6.07) is 10.1. The standard InChI is InChI=1S/C14H8F3NOS/c15-14(16,17)8-5-6-12-10(7-8)18-13(20-12)9-3-1-2-4-11(9)19/h1-7,19H. The van der Waals surface area contributed by atoms with E-state index in [1.807, 2.05) is 0 Å². The molecule has 0 radical (unpaired) electrons.